The molecule has 0 saturated carbocycles. The maximum absolute atomic E-state index is 12.0. The smallest absolute Gasteiger partial charge is 0.354 e. The number of rotatable bonds is 2. The van der Waals surface area contributed by atoms with Crippen LogP contribution in [0.1, 0.15) is 12.5 Å². The molecule has 1 aromatic rings. The Morgan fingerprint density at radius 1 is 1.35 bits per heavy atom. The van der Waals surface area contributed by atoms with E-state index < -0.39 is 26.5 Å². The summed E-state index contributed by atoms with van der Waals surface area (Å²) in [5, 5.41) is 9.77. The van der Waals surface area contributed by atoms with Crippen molar-refractivity contribution in [3.63, 3.8) is 0 Å². The average Bonchev–Trinajstić information content (AvgIpc) is 2.48. The first kappa shape index (κ1) is 11.7. The highest BCUT2D eigenvalue weighted by Crippen LogP contribution is 2.37. The second-order valence-corrected chi connectivity index (χ2v) is 5.25. The number of carbonyl (C=O) groups excluding carboxylic acids is 1. The van der Waals surface area contributed by atoms with Crippen molar-refractivity contribution in [3.8, 4) is 0 Å². The van der Waals surface area contributed by atoms with Crippen LogP contribution in [0.5, 0.6) is 0 Å². The third-order valence-electron chi connectivity index (χ3n) is 2.38. The van der Waals surface area contributed by atoms with Crippen LogP contribution in [0.15, 0.2) is 34.1 Å². The lowest BCUT2D eigenvalue weighted by atomic mass is 10.2. The number of ether oxygens (including phenoxy) is 1. The lowest BCUT2D eigenvalue weighted by molar-refractivity contribution is -0.137. The van der Waals surface area contributed by atoms with Crippen molar-refractivity contribution in [2.45, 2.75) is 11.8 Å². The van der Waals surface area contributed by atoms with Crippen LogP contribution in [0.25, 0.3) is 5.76 Å². The number of benzene rings is 1. The minimum absolute atomic E-state index is 0.0431. The van der Waals surface area contributed by atoms with Gasteiger partial charge in [0, 0.05) is 5.56 Å². The molecule has 1 aliphatic heterocycles. The van der Waals surface area contributed by atoms with E-state index in [0.29, 0.717) is 0 Å². The summed E-state index contributed by atoms with van der Waals surface area (Å²) in [6, 6.07) is 5.89. The van der Waals surface area contributed by atoms with Crippen LogP contribution in [0, 0.1) is 0 Å². The number of fused-ring (bicyclic) bond motifs is 1. The summed E-state index contributed by atoms with van der Waals surface area (Å²) in [5.74, 6) is -1.57. The molecule has 1 heterocycles. The van der Waals surface area contributed by atoms with E-state index in [-0.39, 0.29) is 17.1 Å². The molecule has 6 heteroatoms. The standard InChI is InChI=1S/C11H10O5S/c1-2-16-11(13)10-9(12)7-5-3-4-6-8(7)17(10,14)15/h3-6,12H,2H2,1H3. The van der Waals surface area contributed by atoms with Gasteiger partial charge in [-0.1, -0.05) is 12.1 Å². The molecule has 1 aliphatic rings. The van der Waals surface area contributed by atoms with Crippen molar-refractivity contribution in [2.75, 3.05) is 6.61 Å². The highest BCUT2D eigenvalue weighted by molar-refractivity contribution is 7.96. The van der Waals surface area contributed by atoms with Crippen molar-refractivity contribution >= 4 is 21.6 Å². The van der Waals surface area contributed by atoms with E-state index in [4.69, 9.17) is 0 Å². The topological polar surface area (TPSA) is 80.7 Å². The third kappa shape index (κ3) is 1.61. The number of esters is 1. The summed E-state index contributed by atoms with van der Waals surface area (Å²) < 4.78 is 28.6. The molecule has 0 aliphatic carbocycles. The molecule has 1 aromatic carbocycles. The monoisotopic (exact) mass is 254 g/mol. The van der Waals surface area contributed by atoms with Gasteiger partial charge in [0.2, 0.25) is 9.84 Å². The Hall–Kier alpha value is -1.82. The van der Waals surface area contributed by atoms with E-state index in [2.05, 4.69) is 4.74 Å². The SMILES string of the molecule is CCOC(=O)C1=C(O)c2ccccc2S1(=O)=O. The molecular weight excluding hydrogens is 244 g/mol. The van der Waals surface area contributed by atoms with Gasteiger partial charge in [-0.05, 0) is 19.1 Å². The summed E-state index contributed by atoms with van der Waals surface area (Å²) >= 11 is 0. The Kier molecular flexibility index (Phi) is 2.66. The van der Waals surface area contributed by atoms with Gasteiger partial charge in [0.25, 0.3) is 0 Å². The van der Waals surface area contributed by atoms with Gasteiger partial charge in [0.15, 0.2) is 10.7 Å². The van der Waals surface area contributed by atoms with Gasteiger partial charge < -0.3 is 9.84 Å². The summed E-state index contributed by atoms with van der Waals surface area (Å²) in [6.45, 7) is 1.60. The maximum Gasteiger partial charge on any atom is 0.354 e. The van der Waals surface area contributed by atoms with Crippen LogP contribution in [-0.4, -0.2) is 26.1 Å². The molecule has 0 amide bonds. The first-order valence-electron chi connectivity index (χ1n) is 4.95. The second-order valence-electron chi connectivity index (χ2n) is 3.40. The number of hydrogen-bond donors (Lipinski definition) is 1. The fourth-order valence-electron chi connectivity index (χ4n) is 1.66. The van der Waals surface area contributed by atoms with E-state index in [9.17, 15) is 18.3 Å². The van der Waals surface area contributed by atoms with E-state index in [1.165, 1.54) is 18.2 Å². The molecule has 0 fully saturated rings. The third-order valence-corrected chi connectivity index (χ3v) is 4.21. The molecule has 1 N–H and O–H groups in total. The Morgan fingerprint density at radius 2 is 2.00 bits per heavy atom. The number of aliphatic hydroxyl groups is 1. The van der Waals surface area contributed by atoms with E-state index in [1.807, 2.05) is 0 Å². The molecular formula is C11H10O5S. The van der Waals surface area contributed by atoms with Gasteiger partial charge in [-0.15, -0.1) is 0 Å². The maximum atomic E-state index is 12.0. The first-order valence-corrected chi connectivity index (χ1v) is 6.43. The number of aliphatic hydroxyl groups excluding tert-OH is 1. The molecule has 0 spiro atoms. The van der Waals surface area contributed by atoms with E-state index in [0.717, 1.165) is 0 Å². The Labute approximate surface area is 98.3 Å². The lowest BCUT2D eigenvalue weighted by Gasteiger charge is -2.02. The van der Waals surface area contributed by atoms with Gasteiger partial charge in [0.05, 0.1) is 11.5 Å². The molecule has 90 valence electrons. The predicted octanol–water partition coefficient (Wildman–Crippen LogP) is 1.26. The summed E-state index contributed by atoms with van der Waals surface area (Å²) in [7, 11) is -3.96. The van der Waals surface area contributed by atoms with Crippen molar-refractivity contribution in [3.05, 3.63) is 34.7 Å². The second kappa shape index (κ2) is 3.89. The normalized spacial score (nSPS) is 16.8. The zero-order valence-corrected chi connectivity index (χ0v) is 9.82. The average molecular weight is 254 g/mol. The van der Waals surface area contributed by atoms with Gasteiger partial charge in [-0.25, -0.2) is 13.2 Å². The van der Waals surface area contributed by atoms with Crippen molar-refractivity contribution in [2.24, 2.45) is 0 Å². The number of sulfone groups is 1. The Balaban J connectivity index is 2.64. The Morgan fingerprint density at radius 3 is 2.59 bits per heavy atom. The molecule has 0 saturated heterocycles. The quantitative estimate of drug-likeness (QED) is 0.804. The minimum Gasteiger partial charge on any atom is -0.506 e. The van der Waals surface area contributed by atoms with Crippen LogP contribution in [0.3, 0.4) is 0 Å². The van der Waals surface area contributed by atoms with Gasteiger partial charge in [-0.2, -0.15) is 0 Å². The molecule has 2 rings (SSSR count). The van der Waals surface area contributed by atoms with E-state index in [1.54, 1.807) is 13.0 Å². The van der Waals surface area contributed by atoms with Crippen LogP contribution in [0.2, 0.25) is 0 Å². The molecule has 17 heavy (non-hydrogen) atoms. The minimum atomic E-state index is -3.96. The molecule has 0 bridgehead atoms. The predicted molar refractivity (Wildman–Crippen MR) is 59.8 cm³/mol. The largest absolute Gasteiger partial charge is 0.506 e. The molecule has 0 radical (unpaired) electrons. The zero-order valence-electron chi connectivity index (χ0n) is 9.00. The van der Waals surface area contributed by atoms with Gasteiger partial charge in [0.1, 0.15) is 0 Å². The molecule has 0 aromatic heterocycles. The number of hydrogen-bond acceptors (Lipinski definition) is 5. The van der Waals surface area contributed by atoms with Crippen molar-refractivity contribution < 1.29 is 23.1 Å². The highest BCUT2D eigenvalue weighted by atomic mass is 32.2. The van der Waals surface area contributed by atoms with Crippen LogP contribution in [-0.2, 0) is 19.4 Å². The van der Waals surface area contributed by atoms with Gasteiger partial charge in [-0.3, -0.25) is 0 Å². The fraction of sp³-hybridized carbons (Fsp3) is 0.182. The summed E-state index contributed by atoms with van der Waals surface area (Å²) in [4.78, 5) is 10.8. The lowest BCUT2D eigenvalue weighted by Crippen LogP contribution is -2.14. The molecule has 5 nitrogen and oxygen atoms in total. The van der Waals surface area contributed by atoms with Crippen LogP contribution in [0.4, 0.5) is 0 Å². The zero-order chi connectivity index (χ0) is 12.6. The Bertz CT molecular complexity index is 613. The van der Waals surface area contributed by atoms with Crippen LogP contribution < -0.4 is 0 Å². The van der Waals surface area contributed by atoms with E-state index >= 15 is 0 Å². The molecule has 0 unspecified atom stereocenters. The van der Waals surface area contributed by atoms with Crippen LogP contribution >= 0.6 is 0 Å². The van der Waals surface area contributed by atoms with Crippen molar-refractivity contribution in [1.82, 2.24) is 0 Å². The summed E-state index contributed by atoms with van der Waals surface area (Å²) in [6.07, 6.45) is 0. The highest BCUT2D eigenvalue weighted by Gasteiger charge is 2.40. The first-order chi connectivity index (χ1) is 8.00. The van der Waals surface area contributed by atoms with Gasteiger partial charge >= 0.3 is 5.97 Å². The summed E-state index contributed by atoms with van der Waals surface area (Å²) in [5.41, 5.74) is 0.135. The van der Waals surface area contributed by atoms with Crippen molar-refractivity contribution in [1.29, 1.82) is 0 Å². The fourth-order valence-corrected chi connectivity index (χ4v) is 3.23. The number of carbonyl (C=O) groups is 1. The molecule has 0 atom stereocenters.